The number of halogens is 4. The number of fused-ring (bicyclic) bond motifs is 1. The highest BCUT2D eigenvalue weighted by molar-refractivity contribution is 6.31. The van der Waals surface area contributed by atoms with E-state index in [2.05, 4.69) is 35.6 Å². The molecule has 0 bridgehead atoms. The lowest BCUT2D eigenvalue weighted by Crippen LogP contribution is -2.16. The summed E-state index contributed by atoms with van der Waals surface area (Å²) in [6.07, 6.45) is -2.30. The van der Waals surface area contributed by atoms with Crippen LogP contribution in [0.5, 0.6) is 5.88 Å². The minimum atomic E-state index is -4.64. The smallest absolute Gasteiger partial charge is 0.418 e. The van der Waals surface area contributed by atoms with Crippen LogP contribution in [0, 0.1) is 11.3 Å². The van der Waals surface area contributed by atoms with Gasteiger partial charge < -0.3 is 10.1 Å². The molecule has 14 heteroatoms. The van der Waals surface area contributed by atoms with Crippen LogP contribution >= 0.6 is 11.6 Å². The van der Waals surface area contributed by atoms with Crippen molar-refractivity contribution in [2.45, 2.75) is 19.1 Å². The largest absolute Gasteiger partial charge is 0.461 e. The van der Waals surface area contributed by atoms with E-state index in [1.54, 1.807) is 13.0 Å². The fourth-order valence-electron chi connectivity index (χ4n) is 3.06. The van der Waals surface area contributed by atoms with E-state index in [0.717, 1.165) is 12.4 Å². The number of ether oxygens (including phenoxy) is 1. The fraction of sp³-hybridized carbons (Fsp3) is 0.211. The Hall–Kier alpha value is -4.05. The molecule has 0 saturated heterocycles. The molecule has 0 aliphatic carbocycles. The van der Waals surface area contributed by atoms with E-state index in [4.69, 9.17) is 21.6 Å². The molecule has 0 spiro atoms. The van der Waals surface area contributed by atoms with Gasteiger partial charge in [0.2, 0.25) is 5.88 Å². The zero-order valence-electron chi connectivity index (χ0n) is 16.7. The monoisotopic (exact) mass is 475 g/mol. The van der Waals surface area contributed by atoms with E-state index in [1.165, 1.54) is 23.1 Å². The quantitative estimate of drug-likeness (QED) is 0.443. The van der Waals surface area contributed by atoms with Crippen molar-refractivity contribution in [2.24, 2.45) is 0 Å². The summed E-state index contributed by atoms with van der Waals surface area (Å²) in [6.45, 7) is 1.55. The molecule has 0 unspecified atom stereocenters. The predicted octanol–water partition coefficient (Wildman–Crippen LogP) is 3.75. The molecule has 0 saturated carbocycles. The van der Waals surface area contributed by atoms with Gasteiger partial charge in [0.25, 0.3) is 0 Å². The third-order valence-electron chi connectivity index (χ3n) is 4.45. The number of nitriles is 1. The number of nitrogens with zero attached hydrogens (tertiary/aromatic N) is 8. The van der Waals surface area contributed by atoms with E-state index < -0.39 is 17.8 Å². The predicted molar refractivity (Wildman–Crippen MR) is 110 cm³/mol. The van der Waals surface area contributed by atoms with Crippen molar-refractivity contribution in [1.29, 1.82) is 5.26 Å². The Morgan fingerprint density at radius 3 is 2.70 bits per heavy atom. The highest BCUT2D eigenvalue weighted by Gasteiger charge is 2.34. The molecule has 33 heavy (non-hydrogen) atoms. The molecule has 0 amide bonds. The van der Waals surface area contributed by atoms with Crippen molar-refractivity contribution < 1.29 is 17.9 Å². The first-order valence-electron chi connectivity index (χ1n) is 9.29. The summed E-state index contributed by atoms with van der Waals surface area (Å²) in [6, 6.07) is 6.53. The number of nitrogens with one attached hydrogen (secondary N) is 1. The molecule has 3 aromatic heterocycles. The number of hydrogen-bond donors (Lipinski definition) is 1. The number of anilines is 1. The van der Waals surface area contributed by atoms with Crippen LogP contribution in [0.4, 0.5) is 19.0 Å². The Kier molecular flexibility index (Phi) is 5.93. The SMILES string of the molecule is C[C@H](Nc1ncnc2c(C(F)(F)F)cc(Cl)cc12)c1ncnn1-c1ccc(OCC#N)nn1. The van der Waals surface area contributed by atoms with Crippen molar-refractivity contribution in [3.63, 3.8) is 0 Å². The Balaban J connectivity index is 1.66. The van der Waals surface area contributed by atoms with Crippen molar-refractivity contribution in [1.82, 2.24) is 34.9 Å². The summed E-state index contributed by atoms with van der Waals surface area (Å²) >= 11 is 5.93. The molecule has 0 aliphatic heterocycles. The maximum absolute atomic E-state index is 13.5. The van der Waals surface area contributed by atoms with Crippen molar-refractivity contribution in [2.75, 3.05) is 11.9 Å². The summed E-state index contributed by atoms with van der Waals surface area (Å²) in [7, 11) is 0. The molecular weight excluding hydrogens is 463 g/mol. The minimum Gasteiger partial charge on any atom is -0.461 e. The standard InChI is InChI=1S/C19H13ClF3N9O/c1-10(18-27-9-28-32(18)14-2-3-15(31-30-14)33-5-4-24)29-17-12-6-11(20)7-13(19(21,22)23)16(12)25-8-26-17/h2-3,6-10H,5H2,1H3,(H,25,26,29)/t10-/m0/s1. The third kappa shape index (κ3) is 4.60. The van der Waals surface area contributed by atoms with Gasteiger partial charge in [0.05, 0.1) is 17.1 Å². The Labute approximate surface area is 189 Å². The average molecular weight is 476 g/mol. The number of alkyl halides is 3. The normalized spacial score (nSPS) is 12.4. The second kappa shape index (κ2) is 8.83. The van der Waals surface area contributed by atoms with Gasteiger partial charge in [-0.2, -0.15) is 28.2 Å². The van der Waals surface area contributed by atoms with Crippen LogP contribution in [0.15, 0.2) is 36.9 Å². The van der Waals surface area contributed by atoms with Crippen LogP contribution in [0.2, 0.25) is 5.02 Å². The lowest BCUT2D eigenvalue weighted by Gasteiger charge is -2.17. The first-order valence-corrected chi connectivity index (χ1v) is 9.67. The molecule has 0 aliphatic rings. The van der Waals surface area contributed by atoms with Crippen molar-refractivity contribution >= 4 is 28.3 Å². The summed E-state index contributed by atoms with van der Waals surface area (Å²) in [5.74, 6) is 1.01. The van der Waals surface area contributed by atoms with Crippen LogP contribution < -0.4 is 10.1 Å². The van der Waals surface area contributed by atoms with Gasteiger partial charge in [0.1, 0.15) is 24.5 Å². The Morgan fingerprint density at radius 2 is 2.00 bits per heavy atom. The molecule has 3 heterocycles. The van der Waals surface area contributed by atoms with Crippen molar-refractivity contribution in [3.8, 4) is 17.8 Å². The van der Waals surface area contributed by atoms with E-state index in [9.17, 15) is 13.2 Å². The van der Waals surface area contributed by atoms with Gasteiger partial charge in [-0.25, -0.2) is 15.0 Å². The van der Waals surface area contributed by atoms with Gasteiger partial charge in [-0.05, 0) is 25.1 Å². The van der Waals surface area contributed by atoms with Gasteiger partial charge in [-0.3, -0.25) is 0 Å². The Bertz CT molecular complexity index is 1340. The first-order chi connectivity index (χ1) is 15.8. The molecule has 1 atom stereocenters. The molecule has 10 nitrogen and oxygen atoms in total. The van der Waals surface area contributed by atoms with Crippen LogP contribution in [-0.4, -0.2) is 41.5 Å². The molecule has 0 fully saturated rings. The molecule has 168 valence electrons. The van der Waals surface area contributed by atoms with Gasteiger partial charge in [-0.1, -0.05) is 11.6 Å². The van der Waals surface area contributed by atoms with Crippen LogP contribution in [0.3, 0.4) is 0 Å². The lowest BCUT2D eigenvalue weighted by atomic mass is 10.1. The molecule has 4 aromatic rings. The summed E-state index contributed by atoms with van der Waals surface area (Å²) in [4.78, 5) is 12.1. The van der Waals surface area contributed by atoms with E-state index >= 15 is 0 Å². The van der Waals surface area contributed by atoms with Crippen LogP contribution in [0.25, 0.3) is 16.7 Å². The van der Waals surface area contributed by atoms with Gasteiger partial charge >= 0.3 is 6.18 Å². The molecule has 0 radical (unpaired) electrons. The number of aromatic nitrogens is 7. The average Bonchev–Trinajstić information content (AvgIpc) is 3.27. The van der Waals surface area contributed by atoms with Gasteiger partial charge in [-0.15, -0.1) is 10.2 Å². The minimum absolute atomic E-state index is 0.0996. The summed E-state index contributed by atoms with van der Waals surface area (Å²) < 4.78 is 46.8. The van der Waals surface area contributed by atoms with Gasteiger partial charge in [0, 0.05) is 16.5 Å². The second-order valence-electron chi connectivity index (χ2n) is 6.64. The maximum Gasteiger partial charge on any atom is 0.418 e. The lowest BCUT2D eigenvalue weighted by molar-refractivity contribution is -0.136. The number of rotatable bonds is 6. The highest BCUT2D eigenvalue weighted by Crippen LogP contribution is 2.38. The number of hydrogen-bond acceptors (Lipinski definition) is 9. The van der Waals surface area contributed by atoms with Crippen LogP contribution in [-0.2, 0) is 6.18 Å². The fourth-order valence-corrected chi connectivity index (χ4v) is 3.28. The zero-order chi connectivity index (χ0) is 23.6. The summed E-state index contributed by atoms with van der Waals surface area (Å²) in [5.41, 5.74) is -1.24. The molecular formula is C19H13ClF3N9O. The highest BCUT2D eigenvalue weighted by atomic mass is 35.5. The van der Waals surface area contributed by atoms with Crippen molar-refractivity contribution in [3.05, 3.63) is 53.3 Å². The first kappa shape index (κ1) is 22.2. The summed E-state index contributed by atoms with van der Waals surface area (Å²) in [5, 5.41) is 23.6. The third-order valence-corrected chi connectivity index (χ3v) is 4.67. The topological polar surface area (TPSA) is 127 Å². The zero-order valence-corrected chi connectivity index (χ0v) is 17.5. The van der Waals surface area contributed by atoms with Gasteiger partial charge in [0.15, 0.2) is 18.2 Å². The molecule has 1 aromatic carbocycles. The second-order valence-corrected chi connectivity index (χ2v) is 7.08. The number of benzene rings is 1. The maximum atomic E-state index is 13.5. The van der Waals surface area contributed by atoms with E-state index in [-0.39, 0.29) is 34.2 Å². The molecule has 4 rings (SSSR count). The Morgan fingerprint density at radius 1 is 1.18 bits per heavy atom. The van der Waals surface area contributed by atoms with Crippen LogP contribution in [0.1, 0.15) is 24.4 Å². The molecule has 1 N–H and O–H groups in total. The van der Waals surface area contributed by atoms with E-state index in [1.807, 2.05) is 6.07 Å². The van der Waals surface area contributed by atoms with E-state index in [0.29, 0.717) is 11.6 Å².